The van der Waals surface area contributed by atoms with E-state index < -0.39 is 0 Å². The Bertz CT molecular complexity index is 788. The molecule has 1 aliphatic heterocycles. The first-order valence-corrected chi connectivity index (χ1v) is 7.16. The highest BCUT2D eigenvalue weighted by molar-refractivity contribution is 5.92. The highest BCUT2D eigenvalue weighted by Crippen LogP contribution is 2.30. The van der Waals surface area contributed by atoms with E-state index in [-0.39, 0.29) is 6.04 Å². The third-order valence-corrected chi connectivity index (χ3v) is 3.92. The van der Waals surface area contributed by atoms with Crippen molar-refractivity contribution in [1.82, 2.24) is 9.97 Å². The van der Waals surface area contributed by atoms with Crippen LogP contribution in [-0.2, 0) is 0 Å². The summed E-state index contributed by atoms with van der Waals surface area (Å²) in [7, 11) is 0. The zero-order chi connectivity index (χ0) is 15.5. The molecule has 0 N–H and O–H groups in total. The van der Waals surface area contributed by atoms with Gasteiger partial charge in [0, 0.05) is 30.4 Å². The van der Waals surface area contributed by atoms with Gasteiger partial charge in [-0.15, -0.1) is 0 Å². The smallest absolute Gasteiger partial charge is 0.113 e. The molecule has 7 heteroatoms. The molecule has 0 amide bonds. The van der Waals surface area contributed by atoms with Crippen molar-refractivity contribution in [2.24, 2.45) is 11.0 Å². The maximum atomic E-state index is 9.20. The van der Waals surface area contributed by atoms with Crippen LogP contribution < -0.4 is 4.90 Å². The second-order valence-electron chi connectivity index (χ2n) is 5.60. The van der Waals surface area contributed by atoms with E-state index in [1.807, 2.05) is 6.07 Å². The molecule has 0 spiro atoms. The largest absolute Gasteiger partial charge is 0.369 e. The van der Waals surface area contributed by atoms with Gasteiger partial charge in [-0.2, -0.15) is 5.26 Å². The van der Waals surface area contributed by atoms with Crippen molar-refractivity contribution in [2.75, 3.05) is 18.0 Å². The standard InChI is InChI=1S/C15H15N7/c1-10-6-12(20-21-17)9-22(8-10)13-3-2-11(7-16)14-15(13)19-5-4-18-14/h2-5,10,12H,6,8-9H2,1H3. The highest BCUT2D eigenvalue weighted by atomic mass is 15.2. The molecule has 7 nitrogen and oxygen atoms in total. The van der Waals surface area contributed by atoms with E-state index in [1.165, 1.54) is 0 Å². The van der Waals surface area contributed by atoms with Crippen molar-refractivity contribution >= 4 is 16.7 Å². The third-order valence-electron chi connectivity index (χ3n) is 3.92. The first-order valence-electron chi connectivity index (χ1n) is 7.16. The Morgan fingerprint density at radius 2 is 2.09 bits per heavy atom. The Morgan fingerprint density at radius 3 is 2.82 bits per heavy atom. The molecule has 0 saturated carbocycles. The Morgan fingerprint density at radius 1 is 1.32 bits per heavy atom. The molecule has 2 unspecified atom stereocenters. The molecule has 0 aliphatic carbocycles. The number of rotatable bonds is 2. The summed E-state index contributed by atoms with van der Waals surface area (Å²) in [5.74, 6) is 0.423. The zero-order valence-electron chi connectivity index (χ0n) is 12.2. The van der Waals surface area contributed by atoms with Crippen molar-refractivity contribution in [3.05, 3.63) is 40.5 Å². The van der Waals surface area contributed by atoms with Crippen LogP contribution >= 0.6 is 0 Å². The Kier molecular flexibility index (Phi) is 3.77. The number of aromatic nitrogens is 2. The number of hydrogen-bond acceptors (Lipinski definition) is 5. The van der Waals surface area contributed by atoms with Crippen LogP contribution in [0.5, 0.6) is 0 Å². The maximum absolute atomic E-state index is 9.20. The molecule has 2 heterocycles. The van der Waals surface area contributed by atoms with Crippen molar-refractivity contribution in [1.29, 1.82) is 5.26 Å². The SMILES string of the molecule is CC1CC(N=[N+]=[N-])CN(c2ccc(C#N)c3nccnc23)C1. The molecule has 1 aromatic heterocycles. The second-order valence-corrected chi connectivity index (χ2v) is 5.60. The molecule has 1 aliphatic rings. The minimum atomic E-state index is -0.0453. The van der Waals surface area contributed by atoms with E-state index in [9.17, 15) is 5.26 Å². The van der Waals surface area contributed by atoms with Gasteiger partial charge in [-0.05, 0) is 30.0 Å². The Labute approximate surface area is 127 Å². The van der Waals surface area contributed by atoms with Gasteiger partial charge in [0.1, 0.15) is 17.1 Å². The molecule has 2 atom stereocenters. The lowest BCUT2D eigenvalue weighted by molar-refractivity contribution is 0.401. The highest BCUT2D eigenvalue weighted by Gasteiger charge is 2.26. The molecule has 1 aromatic carbocycles. The fourth-order valence-electron chi connectivity index (χ4n) is 3.06. The van der Waals surface area contributed by atoms with Crippen LogP contribution in [0.15, 0.2) is 29.6 Å². The van der Waals surface area contributed by atoms with Crippen molar-refractivity contribution in [3.8, 4) is 6.07 Å². The minimum absolute atomic E-state index is 0.0453. The topological polar surface area (TPSA) is 102 Å². The van der Waals surface area contributed by atoms with Gasteiger partial charge in [-0.3, -0.25) is 9.97 Å². The van der Waals surface area contributed by atoms with Crippen molar-refractivity contribution in [3.63, 3.8) is 0 Å². The molecule has 1 fully saturated rings. The second kappa shape index (κ2) is 5.88. The lowest BCUT2D eigenvalue weighted by Gasteiger charge is -2.36. The maximum Gasteiger partial charge on any atom is 0.113 e. The van der Waals surface area contributed by atoms with E-state index in [0.717, 1.165) is 24.2 Å². The van der Waals surface area contributed by atoms with E-state index in [0.29, 0.717) is 23.5 Å². The third kappa shape index (κ3) is 2.52. The molecule has 0 bridgehead atoms. The number of azide groups is 1. The molecule has 2 aromatic rings. The van der Waals surface area contributed by atoms with Crippen LogP contribution in [0.4, 0.5) is 5.69 Å². The average Bonchev–Trinajstić information content (AvgIpc) is 2.53. The fourth-order valence-corrected chi connectivity index (χ4v) is 3.06. The predicted octanol–water partition coefficient (Wildman–Crippen LogP) is 3.03. The van der Waals surface area contributed by atoms with Crippen LogP contribution in [0.1, 0.15) is 18.9 Å². The summed E-state index contributed by atoms with van der Waals surface area (Å²) < 4.78 is 0. The van der Waals surface area contributed by atoms with Gasteiger partial charge >= 0.3 is 0 Å². The van der Waals surface area contributed by atoms with Gasteiger partial charge in [-0.1, -0.05) is 12.0 Å². The number of nitrogens with zero attached hydrogens (tertiary/aromatic N) is 7. The van der Waals surface area contributed by atoms with Crippen molar-refractivity contribution < 1.29 is 0 Å². The lowest BCUT2D eigenvalue weighted by atomic mass is 9.95. The molecular weight excluding hydrogens is 278 g/mol. The van der Waals surface area contributed by atoms with Gasteiger partial charge in [0.25, 0.3) is 0 Å². The number of anilines is 1. The van der Waals surface area contributed by atoms with Crippen molar-refractivity contribution in [2.45, 2.75) is 19.4 Å². The molecule has 1 saturated heterocycles. The summed E-state index contributed by atoms with van der Waals surface area (Å²) in [5, 5.41) is 13.1. The Balaban J connectivity index is 2.06. The summed E-state index contributed by atoms with van der Waals surface area (Å²) in [6.07, 6.45) is 4.11. The molecule has 110 valence electrons. The van der Waals surface area contributed by atoms with Gasteiger partial charge in [0.2, 0.25) is 0 Å². The summed E-state index contributed by atoms with van der Waals surface area (Å²) in [6, 6.07) is 5.78. The van der Waals surface area contributed by atoms with Crippen LogP contribution in [0, 0.1) is 17.2 Å². The zero-order valence-corrected chi connectivity index (χ0v) is 12.2. The number of benzene rings is 1. The molecular formula is C15H15N7. The van der Waals surface area contributed by atoms with Crippen LogP contribution in [-0.4, -0.2) is 29.1 Å². The Hall–Kier alpha value is -2.84. The van der Waals surface area contributed by atoms with Gasteiger partial charge in [-0.25, -0.2) is 0 Å². The molecule has 3 rings (SSSR count). The van der Waals surface area contributed by atoms with Gasteiger partial charge in [0.05, 0.1) is 17.3 Å². The first-order chi connectivity index (χ1) is 10.7. The average molecular weight is 293 g/mol. The summed E-state index contributed by atoms with van der Waals surface area (Å²) >= 11 is 0. The van der Waals surface area contributed by atoms with Gasteiger partial charge in [0.15, 0.2) is 0 Å². The predicted molar refractivity (Wildman–Crippen MR) is 83.2 cm³/mol. The van der Waals surface area contributed by atoms with E-state index in [2.05, 4.69) is 37.9 Å². The first kappa shape index (κ1) is 14.1. The van der Waals surface area contributed by atoms with E-state index in [1.54, 1.807) is 18.5 Å². The van der Waals surface area contributed by atoms with Crippen LogP contribution in [0.3, 0.4) is 0 Å². The fraction of sp³-hybridized carbons (Fsp3) is 0.400. The van der Waals surface area contributed by atoms with E-state index in [4.69, 9.17) is 5.53 Å². The number of piperidine rings is 1. The molecule has 0 radical (unpaired) electrons. The summed E-state index contributed by atoms with van der Waals surface area (Å²) in [4.78, 5) is 13.8. The number of nitriles is 1. The quantitative estimate of drug-likeness (QED) is 0.482. The van der Waals surface area contributed by atoms with E-state index >= 15 is 0 Å². The summed E-state index contributed by atoms with van der Waals surface area (Å²) in [6.45, 7) is 3.67. The van der Waals surface area contributed by atoms with Crippen LogP contribution in [0.25, 0.3) is 21.5 Å². The monoisotopic (exact) mass is 293 g/mol. The number of hydrogen-bond donors (Lipinski definition) is 0. The summed E-state index contributed by atoms with van der Waals surface area (Å²) in [5.41, 5.74) is 11.5. The lowest BCUT2D eigenvalue weighted by Crippen LogP contribution is -2.41. The number of fused-ring (bicyclic) bond motifs is 1. The minimum Gasteiger partial charge on any atom is -0.369 e. The molecule has 22 heavy (non-hydrogen) atoms. The van der Waals surface area contributed by atoms with Crippen LogP contribution in [0.2, 0.25) is 0 Å². The van der Waals surface area contributed by atoms with Gasteiger partial charge < -0.3 is 4.90 Å². The normalized spacial score (nSPS) is 21.2.